The van der Waals surface area contributed by atoms with Crippen molar-refractivity contribution < 1.29 is 9.59 Å². The van der Waals surface area contributed by atoms with Gasteiger partial charge in [0.1, 0.15) is 5.54 Å². The van der Waals surface area contributed by atoms with Gasteiger partial charge in [0.2, 0.25) is 0 Å². The van der Waals surface area contributed by atoms with E-state index in [1.54, 1.807) is 42.9 Å². The Morgan fingerprint density at radius 3 is 2.25 bits per heavy atom. The summed E-state index contributed by atoms with van der Waals surface area (Å²) in [6.07, 6.45) is 5.36. The van der Waals surface area contributed by atoms with Gasteiger partial charge in [0, 0.05) is 23.8 Å². The lowest BCUT2D eigenvalue weighted by Crippen LogP contribution is -2.43. The molecule has 1 saturated heterocycles. The van der Waals surface area contributed by atoms with Crippen LogP contribution in [0.1, 0.15) is 19.4 Å². The van der Waals surface area contributed by atoms with Crippen molar-refractivity contribution in [1.82, 2.24) is 9.88 Å². The number of hydrogen-bond acceptors (Lipinski definition) is 4. The fourth-order valence-electron chi connectivity index (χ4n) is 2.73. The number of aromatic nitrogens is 1. The first-order valence-corrected chi connectivity index (χ1v) is 8.86. The number of imide groups is 1. The Morgan fingerprint density at radius 1 is 1.04 bits per heavy atom. The van der Waals surface area contributed by atoms with Crippen molar-refractivity contribution in [2.24, 2.45) is 0 Å². The topological polar surface area (TPSA) is 53.5 Å². The third kappa shape index (κ3) is 2.78. The molecular weight excluding hydrogens is 322 g/mol. The highest BCUT2D eigenvalue weighted by Crippen LogP contribution is 2.33. The minimum atomic E-state index is -0.890. The highest BCUT2D eigenvalue weighted by atomic mass is 32.2. The highest BCUT2D eigenvalue weighted by molar-refractivity contribution is 7.98. The molecule has 1 aliphatic heterocycles. The summed E-state index contributed by atoms with van der Waals surface area (Å²) in [7, 11) is 0. The second-order valence-electron chi connectivity index (χ2n) is 6.12. The summed E-state index contributed by atoms with van der Waals surface area (Å²) in [5.74, 6) is -0.210. The van der Waals surface area contributed by atoms with Gasteiger partial charge in [-0.1, -0.05) is 0 Å². The number of carbonyl (C=O) groups excluding carboxylic acids is 2. The molecule has 0 radical (unpaired) electrons. The number of rotatable bonds is 4. The van der Waals surface area contributed by atoms with Crippen LogP contribution < -0.4 is 4.90 Å². The number of hydrogen-bond donors (Lipinski definition) is 0. The number of nitrogens with zero attached hydrogens (tertiary/aromatic N) is 3. The molecule has 0 unspecified atom stereocenters. The first-order valence-electron chi connectivity index (χ1n) is 7.64. The minimum Gasteiger partial charge on any atom is -0.305 e. The van der Waals surface area contributed by atoms with Crippen molar-refractivity contribution in [3.63, 3.8) is 0 Å². The zero-order valence-corrected chi connectivity index (χ0v) is 14.7. The Balaban J connectivity index is 1.92. The van der Waals surface area contributed by atoms with Crippen LogP contribution >= 0.6 is 11.8 Å². The minimum absolute atomic E-state index is 0.210. The molecule has 0 atom stereocenters. The van der Waals surface area contributed by atoms with Crippen LogP contribution in [0, 0.1) is 0 Å². The van der Waals surface area contributed by atoms with E-state index in [1.807, 2.05) is 42.7 Å². The van der Waals surface area contributed by atoms with Crippen LogP contribution in [-0.4, -0.2) is 33.6 Å². The quantitative estimate of drug-likeness (QED) is 0.630. The smallest absolute Gasteiger partial charge is 0.305 e. The van der Waals surface area contributed by atoms with Gasteiger partial charge in [0.25, 0.3) is 5.91 Å². The largest absolute Gasteiger partial charge is 0.332 e. The molecular formula is C18H19N3O2S. The molecule has 0 saturated carbocycles. The second kappa shape index (κ2) is 6.28. The van der Waals surface area contributed by atoms with Crippen LogP contribution in [0.15, 0.2) is 53.7 Å². The van der Waals surface area contributed by atoms with Crippen molar-refractivity contribution in [2.45, 2.75) is 30.8 Å². The highest BCUT2D eigenvalue weighted by Gasteiger charge is 2.51. The first kappa shape index (κ1) is 16.5. The zero-order valence-electron chi connectivity index (χ0n) is 13.9. The van der Waals surface area contributed by atoms with Gasteiger partial charge in [0.15, 0.2) is 0 Å². The number of thioether (sulfide) groups is 1. The molecule has 5 nitrogen and oxygen atoms in total. The fraction of sp³-hybridized carbons (Fsp3) is 0.278. The monoisotopic (exact) mass is 341 g/mol. The van der Waals surface area contributed by atoms with Crippen LogP contribution in [0.3, 0.4) is 0 Å². The van der Waals surface area contributed by atoms with Crippen molar-refractivity contribution in [1.29, 1.82) is 0 Å². The van der Waals surface area contributed by atoms with Gasteiger partial charge in [-0.05, 0) is 62.1 Å². The molecule has 0 spiro atoms. The lowest BCUT2D eigenvalue weighted by atomic mass is 10.0. The van der Waals surface area contributed by atoms with E-state index < -0.39 is 5.54 Å². The standard InChI is InChI=1S/C18H19N3O2S/c1-18(2)16(22)21(14-4-6-15(24-3)7-5-14)17(23)20(18)12-13-8-10-19-11-9-13/h4-11H,12H2,1-3H3. The summed E-state index contributed by atoms with van der Waals surface area (Å²) < 4.78 is 0. The van der Waals surface area contributed by atoms with E-state index in [0.29, 0.717) is 12.2 Å². The molecule has 2 heterocycles. The van der Waals surface area contributed by atoms with E-state index in [4.69, 9.17) is 0 Å². The average Bonchev–Trinajstić information content (AvgIpc) is 2.76. The molecule has 3 amide bonds. The molecule has 1 aromatic carbocycles. The Labute approximate surface area is 145 Å². The second-order valence-corrected chi connectivity index (χ2v) is 7.00. The lowest BCUT2D eigenvalue weighted by molar-refractivity contribution is -0.123. The Morgan fingerprint density at radius 2 is 1.67 bits per heavy atom. The van der Waals surface area contributed by atoms with E-state index >= 15 is 0 Å². The number of carbonyl (C=O) groups is 2. The maximum atomic E-state index is 12.9. The summed E-state index contributed by atoms with van der Waals surface area (Å²) in [4.78, 5) is 33.7. The van der Waals surface area contributed by atoms with E-state index in [2.05, 4.69) is 4.98 Å². The molecule has 24 heavy (non-hydrogen) atoms. The number of pyridine rings is 1. The fourth-order valence-corrected chi connectivity index (χ4v) is 3.14. The summed E-state index contributed by atoms with van der Waals surface area (Å²) in [5.41, 5.74) is 0.658. The third-order valence-corrected chi connectivity index (χ3v) is 4.99. The summed E-state index contributed by atoms with van der Waals surface area (Å²) in [6, 6.07) is 10.9. The van der Waals surface area contributed by atoms with Crippen molar-refractivity contribution in [2.75, 3.05) is 11.2 Å². The molecule has 1 aliphatic rings. The van der Waals surface area contributed by atoms with Crippen molar-refractivity contribution >= 4 is 29.4 Å². The predicted octanol–water partition coefficient (Wildman–Crippen LogP) is 3.55. The van der Waals surface area contributed by atoms with E-state index in [0.717, 1.165) is 10.5 Å². The summed E-state index contributed by atoms with van der Waals surface area (Å²) in [6.45, 7) is 3.94. The molecule has 1 aromatic heterocycles. The van der Waals surface area contributed by atoms with E-state index in [9.17, 15) is 9.59 Å². The zero-order chi connectivity index (χ0) is 17.3. The first-order chi connectivity index (χ1) is 11.4. The normalized spacial score (nSPS) is 16.8. The molecule has 0 aliphatic carbocycles. The van der Waals surface area contributed by atoms with Gasteiger partial charge >= 0.3 is 6.03 Å². The predicted molar refractivity (Wildman–Crippen MR) is 95.0 cm³/mol. The van der Waals surface area contributed by atoms with Crippen LogP contribution in [0.5, 0.6) is 0 Å². The molecule has 1 fully saturated rings. The van der Waals surface area contributed by atoms with Gasteiger partial charge in [0.05, 0.1) is 5.69 Å². The van der Waals surface area contributed by atoms with E-state index in [1.165, 1.54) is 4.90 Å². The molecule has 0 N–H and O–H groups in total. The Bertz CT molecular complexity index is 760. The van der Waals surface area contributed by atoms with Crippen LogP contribution in [-0.2, 0) is 11.3 Å². The van der Waals surface area contributed by atoms with Crippen LogP contribution in [0.2, 0.25) is 0 Å². The molecule has 2 aromatic rings. The van der Waals surface area contributed by atoms with E-state index in [-0.39, 0.29) is 11.9 Å². The molecule has 6 heteroatoms. The number of amides is 3. The van der Waals surface area contributed by atoms with Gasteiger partial charge < -0.3 is 4.90 Å². The molecule has 124 valence electrons. The van der Waals surface area contributed by atoms with Crippen LogP contribution in [0.4, 0.5) is 10.5 Å². The molecule has 3 rings (SSSR count). The van der Waals surface area contributed by atoms with Gasteiger partial charge in [-0.2, -0.15) is 0 Å². The Hall–Kier alpha value is -2.34. The van der Waals surface area contributed by atoms with Crippen LogP contribution in [0.25, 0.3) is 0 Å². The van der Waals surface area contributed by atoms with Gasteiger partial charge in [-0.25, -0.2) is 9.69 Å². The molecule has 0 bridgehead atoms. The third-order valence-electron chi connectivity index (χ3n) is 4.24. The van der Waals surface area contributed by atoms with Crippen molar-refractivity contribution in [3.05, 3.63) is 54.4 Å². The number of benzene rings is 1. The summed E-state index contributed by atoms with van der Waals surface area (Å²) in [5, 5.41) is 0. The van der Waals surface area contributed by atoms with Gasteiger partial charge in [-0.15, -0.1) is 11.8 Å². The lowest BCUT2D eigenvalue weighted by Gasteiger charge is -2.27. The van der Waals surface area contributed by atoms with Gasteiger partial charge in [-0.3, -0.25) is 9.78 Å². The number of urea groups is 1. The Kier molecular flexibility index (Phi) is 4.32. The van der Waals surface area contributed by atoms with Crippen molar-refractivity contribution in [3.8, 4) is 0 Å². The number of anilines is 1. The maximum absolute atomic E-state index is 12.9. The maximum Gasteiger partial charge on any atom is 0.332 e. The SMILES string of the molecule is CSc1ccc(N2C(=O)N(Cc3ccncc3)C(C)(C)C2=O)cc1. The average molecular weight is 341 g/mol. The summed E-state index contributed by atoms with van der Waals surface area (Å²) >= 11 is 1.62.